The molecule has 0 bridgehead atoms. The molecular formula is C13H16F3NO3. The molecule has 0 aromatic heterocycles. The molecular weight excluding hydrogens is 275 g/mol. The second-order valence-electron chi connectivity index (χ2n) is 4.37. The van der Waals surface area contributed by atoms with Gasteiger partial charge in [0, 0.05) is 5.56 Å². The smallest absolute Gasteiger partial charge is 0.390 e. The van der Waals surface area contributed by atoms with Crippen molar-refractivity contribution in [3.05, 3.63) is 34.9 Å². The molecule has 0 aliphatic heterocycles. The Hall–Kier alpha value is -1.44. The molecule has 112 valence electrons. The molecule has 4 nitrogen and oxygen atoms in total. The first-order valence-corrected chi connectivity index (χ1v) is 5.98. The molecule has 1 rings (SSSR count). The predicted octanol–water partition coefficient (Wildman–Crippen LogP) is 1.52. The Morgan fingerprint density at radius 2 is 2.00 bits per heavy atom. The van der Waals surface area contributed by atoms with Gasteiger partial charge < -0.3 is 15.5 Å². The van der Waals surface area contributed by atoms with E-state index in [1.54, 1.807) is 7.05 Å². The molecule has 2 atom stereocenters. The first-order chi connectivity index (χ1) is 9.31. The normalized spacial score (nSPS) is 14.9. The molecule has 20 heavy (non-hydrogen) atoms. The highest BCUT2D eigenvalue weighted by molar-refractivity contribution is 5.75. The van der Waals surface area contributed by atoms with Gasteiger partial charge in [0.1, 0.15) is 12.4 Å². The number of halogens is 3. The number of carbonyl (C=O) groups is 1. The molecule has 0 fully saturated rings. The van der Waals surface area contributed by atoms with Gasteiger partial charge >= 0.3 is 6.18 Å². The average molecular weight is 291 g/mol. The molecule has 1 aromatic rings. The van der Waals surface area contributed by atoms with E-state index >= 15 is 0 Å². The van der Waals surface area contributed by atoms with Gasteiger partial charge in [-0.25, -0.2) is 0 Å². The van der Waals surface area contributed by atoms with Gasteiger partial charge in [0.15, 0.2) is 0 Å². The summed E-state index contributed by atoms with van der Waals surface area (Å²) >= 11 is 0. The number of aliphatic hydroxyl groups is 2. The Kier molecular flexibility index (Phi) is 5.67. The van der Waals surface area contributed by atoms with Crippen LogP contribution in [-0.2, 0) is 6.18 Å². The summed E-state index contributed by atoms with van der Waals surface area (Å²) < 4.78 is 38.8. The lowest BCUT2D eigenvalue weighted by molar-refractivity contribution is -0.140. The Balaban J connectivity index is 3.13. The van der Waals surface area contributed by atoms with E-state index < -0.39 is 29.5 Å². The molecule has 0 aliphatic carbocycles. The number of carbonyl (C=O) groups excluding carboxylic acids is 1. The van der Waals surface area contributed by atoms with Gasteiger partial charge in [-0.2, -0.15) is 13.2 Å². The summed E-state index contributed by atoms with van der Waals surface area (Å²) in [5.74, 6) is 0. The van der Waals surface area contributed by atoms with Crippen molar-refractivity contribution in [2.75, 3.05) is 13.6 Å². The minimum Gasteiger partial charge on any atom is -0.390 e. The number of rotatable bonds is 6. The van der Waals surface area contributed by atoms with Gasteiger partial charge in [0.2, 0.25) is 0 Å². The Bertz CT molecular complexity index is 463. The van der Waals surface area contributed by atoms with Crippen LogP contribution >= 0.6 is 0 Å². The summed E-state index contributed by atoms with van der Waals surface area (Å²) in [5.41, 5.74) is -1.69. The van der Waals surface area contributed by atoms with Gasteiger partial charge in [0.25, 0.3) is 0 Å². The van der Waals surface area contributed by atoms with Gasteiger partial charge in [-0.3, -0.25) is 4.79 Å². The van der Waals surface area contributed by atoms with Crippen molar-refractivity contribution >= 4 is 6.29 Å². The molecule has 3 N–H and O–H groups in total. The third-order valence-corrected chi connectivity index (χ3v) is 2.89. The zero-order valence-electron chi connectivity index (χ0n) is 10.8. The van der Waals surface area contributed by atoms with Crippen LogP contribution < -0.4 is 5.32 Å². The Morgan fingerprint density at radius 1 is 1.35 bits per heavy atom. The monoisotopic (exact) mass is 291 g/mol. The first-order valence-electron chi connectivity index (χ1n) is 5.98. The van der Waals surface area contributed by atoms with E-state index in [1.165, 1.54) is 6.07 Å². The molecule has 0 saturated heterocycles. The topological polar surface area (TPSA) is 69.6 Å². The lowest BCUT2D eigenvalue weighted by Crippen LogP contribution is -2.25. The van der Waals surface area contributed by atoms with Crippen LogP contribution in [-0.4, -0.2) is 36.2 Å². The largest absolute Gasteiger partial charge is 0.416 e. The van der Waals surface area contributed by atoms with Gasteiger partial charge in [-0.05, 0) is 31.6 Å². The standard InChI is InChI=1S/C13H16F3NO3/c1-17-5-4-11(19)12(20)9-3-2-8(7-18)6-10(9)13(14,15)16/h2-3,6-7,11-12,17,19-20H,4-5H2,1H3. The Morgan fingerprint density at radius 3 is 2.50 bits per heavy atom. The fourth-order valence-corrected chi connectivity index (χ4v) is 1.81. The summed E-state index contributed by atoms with van der Waals surface area (Å²) in [6, 6.07) is 2.85. The number of hydrogen-bond acceptors (Lipinski definition) is 4. The van der Waals surface area contributed by atoms with Crippen molar-refractivity contribution < 1.29 is 28.2 Å². The van der Waals surface area contributed by atoms with E-state index in [0.717, 1.165) is 6.07 Å². The maximum absolute atomic E-state index is 12.9. The predicted molar refractivity (Wildman–Crippen MR) is 66.3 cm³/mol. The van der Waals surface area contributed by atoms with Crippen molar-refractivity contribution in [3.8, 4) is 0 Å². The molecule has 0 radical (unpaired) electrons. The van der Waals surface area contributed by atoms with E-state index in [2.05, 4.69) is 5.32 Å². The van der Waals surface area contributed by atoms with E-state index in [9.17, 15) is 28.2 Å². The second-order valence-corrected chi connectivity index (χ2v) is 4.37. The lowest BCUT2D eigenvalue weighted by Gasteiger charge is -2.22. The SMILES string of the molecule is CNCCC(O)C(O)c1ccc(C=O)cc1C(F)(F)F. The maximum Gasteiger partial charge on any atom is 0.416 e. The minimum atomic E-state index is -4.71. The van der Waals surface area contributed by atoms with Crippen LogP contribution in [0.25, 0.3) is 0 Å². The number of nitrogens with one attached hydrogen (secondary N) is 1. The summed E-state index contributed by atoms with van der Waals surface area (Å²) in [4.78, 5) is 10.6. The van der Waals surface area contributed by atoms with E-state index in [1.807, 2.05) is 0 Å². The fourth-order valence-electron chi connectivity index (χ4n) is 1.81. The summed E-state index contributed by atoms with van der Waals surface area (Å²) in [7, 11) is 1.62. The number of alkyl halides is 3. The van der Waals surface area contributed by atoms with Crippen LogP contribution in [0.2, 0.25) is 0 Å². The number of benzene rings is 1. The molecule has 7 heteroatoms. The first kappa shape index (κ1) is 16.6. The van der Waals surface area contributed by atoms with Crippen LogP contribution in [0.5, 0.6) is 0 Å². The van der Waals surface area contributed by atoms with Crippen LogP contribution in [0.4, 0.5) is 13.2 Å². The van der Waals surface area contributed by atoms with Crippen LogP contribution in [0.3, 0.4) is 0 Å². The van der Waals surface area contributed by atoms with Crippen molar-refractivity contribution in [3.63, 3.8) is 0 Å². The highest BCUT2D eigenvalue weighted by Gasteiger charge is 2.36. The van der Waals surface area contributed by atoms with Crippen LogP contribution in [0.15, 0.2) is 18.2 Å². The minimum absolute atomic E-state index is 0.102. The van der Waals surface area contributed by atoms with E-state index in [-0.39, 0.29) is 12.0 Å². The molecule has 1 aromatic carbocycles. The Labute approximate surface area is 114 Å². The van der Waals surface area contributed by atoms with Crippen LogP contribution in [0.1, 0.15) is 34.0 Å². The zero-order chi connectivity index (χ0) is 15.3. The van der Waals surface area contributed by atoms with Gasteiger partial charge in [-0.1, -0.05) is 12.1 Å². The third-order valence-electron chi connectivity index (χ3n) is 2.89. The average Bonchev–Trinajstić information content (AvgIpc) is 2.42. The van der Waals surface area contributed by atoms with Crippen LogP contribution in [0, 0.1) is 0 Å². The highest BCUT2D eigenvalue weighted by atomic mass is 19.4. The van der Waals surface area contributed by atoms with E-state index in [4.69, 9.17) is 0 Å². The molecule has 0 heterocycles. The fraction of sp³-hybridized carbons (Fsp3) is 0.462. The lowest BCUT2D eigenvalue weighted by atomic mass is 9.95. The second kappa shape index (κ2) is 6.83. The number of hydrogen-bond donors (Lipinski definition) is 3. The third kappa shape index (κ3) is 4.03. The molecule has 0 saturated carbocycles. The van der Waals surface area contributed by atoms with Gasteiger partial charge in [0.05, 0.1) is 11.7 Å². The van der Waals surface area contributed by atoms with Crippen molar-refractivity contribution in [2.45, 2.75) is 24.8 Å². The highest BCUT2D eigenvalue weighted by Crippen LogP contribution is 2.36. The molecule has 2 unspecified atom stereocenters. The maximum atomic E-state index is 12.9. The molecule has 0 aliphatic rings. The van der Waals surface area contributed by atoms with Crippen molar-refractivity contribution in [1.82, 2.24) is 5.32 Å². The van der Waals surface area contributed by atoms with Crippen molar-refractivity contribution in [1.29, 1.82) is 0 Å². The van der Waals surface area contributed by atoms with E-state index in [0.29, 0.717) is 18.9 Å². The quantitative estimate of drug-likeness (QED) is 0.695. The molecule has 0 spiro atoms. The number of aliphatic hydroxyl groups excluding tert-OH is 2. The summed E-state index contributed by atoms with van der Waals surface area (Å²) in [6.45, 7) is 0.353. The zero-order valence-corrected chi connectivity index (χ0v) is 10.8. The van der Waals surface area contributed by atoms with Gasteiger partial charge in [-0.15, -0.1) is 0 Å². The summed E-state index contributed by atoms with van der Waals surface area (Å²) in [6.07, 6.45) is -7.31. The molecule has 0 amide bonds. The summed E-state index contributed by atoms with van der Waals surface area (Å²) in [5, 5.41) is 22.3. The van der Waals surface area contributed by atoms with Crippen molar-refractivity contribution in [2.24, 2.45) is 0 Å². The number of aldehydes is 1.